The van der Waals surface area contributed by atoms with Crippen LogP contribution in [0.15, 0.2) is 18.3 Å². The van der Waals surface area contributed by atoms with Crippen LogP contribution in [0.3, 0.4) is 0 Å². The van der Waals surface area contributed by atoms with Gasteiger partial charge in [0.1, 0.15) is 11.9 Å². The normalized spacial score (nSPS) is 19.9. The Morgan fingerprint density at radius 3 is 3.06 bits per heavy atom. The standard InChI is InChI=1S/C11H12BrN3O2/c12-6-7-3-4-13-9(5-7)14-8-1-2-10(16)15-11(8)17/h3-5,8H,1-2,6H2,(H,13,14)(H,15,16,17). The smallest absolute Gasteiger partial charge is 0.249 e. The summed E-state index contributed by atoms with van der Waals surface area (Å²) in [6.45, 7) is 0. The number of nitrogens with one attached hydrogen (secondary N) is 2. The summed E-state index contributed by atoms with van der Waals surface area (Å²) in [5, 5.41) is 6.07. The van der Waals surface area contributed by atoms with Gasteiger partial charge in [0, 0.05) is 17.9 Å². The lowest BCUT2D eigenvalue weighted by Gasteiger charge is -2.22. The van der Waals surface area contributed by atoms with Crippen molar-refractivity contribution in [1.29, 1.82) is 0 Å². The van der Waals surface area contributed by atoms with E-state index in [1.807, 2.05) is 12.1 Å². The van der Waals surface area contributed by atoms with Crippen molar-refractivity contribution >= 4 is 33.6 Å². The first-order valence-corrected chi connectivity index (χ1v) is 6.42. The largest absolute Gasteiger partial charge is 0.358 e. The van der Waals surface area contributed by atoms with Gasteiger partial charge in [-0.25, -0.2) is 4.98 Å². The highest BCUT2D eigenvalue weighted by molar-refractivity contribution is 9.08. The molecule has 1 aromatic heterocycles. The van der Waals surface area contributed by atoms with Gasteiger partial charge in [0.25, 0.3) is 0 Å². The molecule has 2 rings (SSSR count). The van der Waals surface area contributed by atoms with E-state index in [2.05, 4.69) is 31.5 Å². The fraction of sp³-hybridized carbons (Fsp3) is 0.364. The molecule has 1 atom stereocenters. The maximum absolute atomic E-state index is 11.5. The number of rotatable bonds is 3. The van der Waals surface area contributed by atoms with E-state index in [1.165, 1.54) is 0 Å². The van der Waals surface area contributed by atoms with Gasteiger partial charge in [-0.1, -0.05) is 15.9 Å². The maximum Gasteiger partial charge on any atom is 0.249 e. The molecule has 1 saturated heterocycles. The van der Waals surface area contributed by atoms with Crippen LogP contribution in [0.2, 0.25) is 0 Å². The van der Waals surface area contributed by atoms with E-state index in [-0.39, 0.29) is 17.9 Å². The number of nitrogens with zero attached hydrogens (tertiary/aromatic N) is 1. The van der Waals surface area contributed by atoms with Crippen molar-refractivity contribution in [2.24, 2.45) is 0 Å². The molecule has 2 N–H and O–H groups in total. The third-order valence-electron chi connectivity index (χ3n) is 2.54. The van der Waals surface area contributed by atoms with Gasteiger partial charge in [0.2, 0.25) is 11.8 Å². The van der Waals surface area contributed by atoms with Crippen LogP contribution in [0.4, 0.5) is 5.82 Å². The van der Waals surface area contributed by atoms with Gasteiger partial charge in [0.15, 0.2) is 0 Å². The van der Waals surface area contributed by atoms with Gasteiger partial charge < -0.3 is 5.32 Å². The van der Waals surface area contributed by atoms with Crippen LogP contribution in [-0.4, -0.2) is 22.8 Å². The first-order valence-electron chi connectivity index (χ1n) is 5.30. The van der Waals surface area contributed by atoms with E-state index in [9.17, 15) is 9.59 Å². The number of pyridine rings is 1. The number of aromatic nitrogens is 1. The van der Waals surface area contributed by atoms with Crippen LogP contribution < -0.4 is 10.6 Å². The second-order valence-electron chi connectivity index (χ2n) is 3.83. The SMILES string of the molecule is O=C1CCC(Nc2cc(CBr)ccn2)C(=O)N1. The number of piperidine rings is 1. The van der Waals surface area contributed by atoms with Crippen molar-refractivity contribution in [3.05, 3.63) is 23.9 Å². The van der Waals surface area contributed by atoms with Crippen LogP contribution in [0.1, 0.15) is 18.4 Å². The molecular formula is C11H12BrN3O2. The highest BCUT2D eigenvalue weighted by atomic mass is 79.9. The molecule has 0 radical (unpaired) electrons. The summed E-state index contributed by atoms with van der Waals surface area (Å²) in [5.74, 6) is 0.152. The zero-order valence-corrected chi connectivity index (χ0v) is 10.7. The monoisotopic (exact) mass is 297 g/mol. The third kappa shape index (κ3) is 3.03. The maximum atomic E-state index is 11.5. The van der Waals surface area contributed by atoms with E-state index in [0.29, 0.717) is 18.7 Å². The Labute approximate surface area is 107 Å². The molecule has 17 heavy (non-hydrogen) atoms. The second kappa shape index (κ2) is 5.27. The highest BCUT2D eigenvalue weighted by Crippen LogP contribution is 2.14. The minimum Gasteiger partial charge on any atom is -0.358 e. The molecule has 0 spiro atoms. The number of alkyl halides is 1. The molecule has 0 bridgehead atoms. The highest BCUT2D eigenvalue weighted by Gasteiger charge is 2.26. The molecule has 90 valence electrons. The molecule has 2 amide bonds. The molecular weight excluding hydrogens is 286 g/mol. The van der Waals surface area contributed by atoms with Crippen molar-refractivity contribution in [1.82, 2.24) is 10.3 Å². The first kappa shape index (κ1) is 12.0. The molecule has 2 heterocycles. The Balaban J connectivity index is 2.05. The summed E-state index contributed by atoms with van der Waals surface area (Å²) in [6, 6.07) is 3.38. The minimum atomic E-state index is -0.384. The molecule has 6 heteroatoms. The van der Waals surface area contributed by atoms with Gasteiger partial charge in [-0.15, -0.1) is 0 Å². The van der Waals surface area contributed by atoms with Crippen LogP contribution in [0, 0.1) is 0 Å². The van der Waals surface area contributed by atoms with Crippen LogP contribution in [0.5, 0.6) is 0 Å². The molecule has 0 saturated carbocycles. The zero-order valence-electron chi connectivity index (χ0n) is 9.07. The number of imide groups is 1. The molecule has 1 aromatic rings. The van der Waals surface area contributed by atoms with Gasteiger partial charge in [-0.05, 0) is 24.1 Å². The number of amides is 2. The minimum absolute atomic E-state index is 0.213. The van der Waals surface area contributed by atoms with Crippen molar-refractivity contribution in [2.45, 2.75) is 24.2 Å². The average Bonchev–Trinajstić information content (AvgIpc) is 2.33. The van der Waals surface area contributed by atoms with Crippen LogP contribution in [-0.2, 0) is 14.9 Å². The molecule has 0 aromatic carbocycles. The predicted molar refractivity (Wildman–Crippen MR) is 66.7 cm³/mol. The van der Waals surface area contributed by atoms with Gasteiger partial charge >= 0.3 is 0 Å². The van der Waals surface area contributed by atoms with E-state index in [4.69, 9.17) is 0 Å². The summed E-state index contributed by atoms with van der Waals surface area (Å²) < 4.78 is 0. The molecule has 1 fully saturated rings. The molecule has 5 nitrogen and oxygen atoms in total. The Morgan fingerprint density at radius 1 is 1.53 bits per heavy atom. The fourth-order valence-corrected chi connectivity index (χ4v) is 1.99. The lowest BCUT2D eigenvalue weighted by atomic mass is 10.1. The average molecular weight is 298 g/mol. The number of anilines is 1. The summed E-state index contributed by atoms with van der Waals surface area (Å²) in [5.41, 5.74) is 1.08. The zero-order chi connectivity index (χ0) is 12.3. The number of halogens is 1. The number of hydrogen-bond donors (Lipinski definition) is 2. The summed E-state index contributed by atoms with van der Waals surface area (Å²) in [7, 11) is 0. The molecule has 1 aliphatic rings. The van der Waals surface area contributed by atoms with Gasteiger partial charge in [-0.3, -0.25) is 14.9 Å². The Hall–Kier alpha value is -1.43. The van der Waals surface area contributed by atoms with Crippen molar-refractivity contribution < 1.29 is 9.59 Å². The first-order chi connectivity index (χ1) is 8.19. The predicted octanol–water partition coefficient (Wildman–Crippen LogP) is 1.19. The molecule has 1 aliphatic heterocycles. The van der Waals surface area contributed by atoms with E-state index in [1.54, 1.807) is 6.20 Å². The summed E-state index contributed by atoms with van der Waals surface area (Å²) in [6.07, 6.45) is 2.55. The quantitative estimate of drug-likeness (QED) is 0.649. The van der Waals surface area contributed by atoms with Gasteiger partial charge in [0.05, 0.1) is 0 Å². The summed E-state index contributed by atoms with van der Waals surface area (Å²) in [4.78, 5) is 26.7. The van der Waals surface area contributed by atoms with E-state index in [0.717, 1.165) is 10.9 Å². The number of carbonyl (C=O) groups is 2. The second-order valence-corrected chi connectivity index (χ2v) is 4.39. The lowest BCUT2D eigenvalue weighted by molar-refractivity contribution is -0.133. The summed E-state index contributed by atoms with van der Waals surface area (Å²) >= 11 is 3.36. The molecule has 0 aliphatic carbocycles. The Bertz CT molecular complexity index is 450. The van der Waals surface area contributed by atoms with Crippen molar-refractivity contribution in [2.75, 3.05) is 5.32 Å². The van der Waals surface area contributed by atoms with Crippen LogP contribution in [0.25, 0.3) is 0 Å². The van der Waals surface area contributed by atoms with Gasteiger partial charge in [-0.2, -0.15) is 0 Å². The van der Waals surface area contributed by atoms with Crippen molar-refractivity contribution in [3.63, 3.8) is 0 Å². The lowest BCUT2D eigenvalue weighted by Crippen LogP contribution is -2.47. The van der Waals surface area contributed by atoms with Crippen molar-refractivity contribution in [3.8, 4) is 0 Å². The van der Waals surface area contributed by atoms with E-state index < -0.39 is 0 Å². The van der Waals surface area contributed by atoms with E-state index >= 15 is 0 Å². The topological polar surface area (TPSA) is 71.1 Å². The fourth-order valence-electron chi connectivity index (χ4n) is 1.65. The Kier molecular flexibility index (Phi) is 3.73. The third-order valence-corrected chi connectivity index (χ3v) is 3.19. The number of hydrogen-bond acceptors (Lipinski definition) is 4. The Morgan fingerprint density at radius 2 is 2.35 bits per heavy atom. The molecule has 1 unspecified atom stereocenters. The number of carbonyl (C=O) groups excluding carboxylic acids is 2. The van der Waals surface area contributed by atoms with Crippen LogP contribution >= 0.6 is 15.9 Å².